The molecule has 1 amide bonds. The second-order valence-electron chi connectivity index (χ2n) is 6.74. The molecule has 0 saturated carbocycles. The van der Waals surface area contributed by atoms with Crippen molar-refractivity contribution in [3.05, 3.63) is 71.4 Å². The number of rotatable bonds is 8. The lowest BCUT2D eigenvalue weighted by molar-refractivity contribution is -0.137. The zero-order chi connectivity index (χ0) is 21.6. The van der Waals surface area contributed by atoms with E-state index in [-0.39, 0.29) is 12.2 Å². The van der Waals surface area contributed by atoms with Gasteiger partial charge >= 0.3 is 6.18 Å². The van der Waals surface area contributed by atoms with Gasteiger partial charge in [0.1, 0.15) is 11.4 Å². The molecule has 0 radical (unpaired) electrons. The molecule has 0 fully saturated rings. The first-order valence-corrected chi connectivity index (χ1v) is 9.60. The number of nitrogens with one attached hydrogen (secondary N) is 2. The molecule has 0 atom stereocenters. The van der Waals surface area contributed by atoms with E-state index in [1.54, 1.807) is 6.07 Å². The molecule has 0 aliphatic carbocycles. The first kappa shape index (κ1) is 21.4. The van der Waals surface area contributed by atoms with E-state index in [2.05, 4.69) is 22.4 Å². The Balaban J connectivity index is 1.64. The van der Waals surface area contributed by atoms with E-state index < -0.39 is 17.6 Å². The molecule has 30 heavy (non-hydrogen) atoms. The Morgan fingerprint density at radius 3 is 2.57 bits per heavy atom. The van der Waals surface area contributed by atoms with Crippen LogP contribution in [0.3, 0.4) is 0 Å². The standard InChI is InChI=1S/C22H22F3N3O2/c1-2-3-12-30-20-7-5-4-6-17(20)18-13-19(28-27-18)21(29)26-14-15-8-10-16(11-9-15)22(23,24)25/h4-11,13H,2-3,12,14H2,1H3,(H,26,29)(H,27,28). The minimum atomic E-state index is -4.38. The summed E-state index contributed by atoms with van der Waals surface area (Å²) in [7, 11) is 0. The number of aromatic nitrogens is 2. The first-order chi connectivity index (χ1) is 14.4. The summed E-state index contributed by atoms with van der Waals surface area (Å²) in [6, 6.07) is 13.7. The van der Waals surface area contributed by atoms with Crippen LogP contribution in [0.4, 0.5) is 13.2 Å². The van der Waals surface area contributed by atoms with Crippen molar-refractivity contribution < 1.29 is 22.7 Å². The van der Waals surface area contributed by atoms with Gasteiger partial charge in [-0.3, -0.25) is 9.89 Å². The fourth-order valence-electron chi connectivity index (χ4n) is 2.80. The Labute approximate surface area is 172 Å². The van der Waals surface area contributed by atoms with E-state index in [9.17, 15) is 18.0 Å². The molecule has 0 spiro atoms. The van der Waals surface area contributed by atoms with Gasteiger partial charge in [0.25, 0.3) is 5.91 Å². The highest BCUT2D eigenvalue weighted by Crippen LogP contribution is 2.30. The number of hydrogen-bond acceptors (Lipinski definition) is 3. The Kier molecular flexibility index (Phi) is 6.76. The number of benzene rings is 2. The number of carbonyl (C=O) groups is 1. The van der Waals surface area contributed by atoms with Crippen LogP contribution in [0, 0.1) is 0 Å². The second-order valence-corrected chi connectivity index (χ2v) is 6.74. The SMILES string of the molecule is CCCCOc1ccccc1-c1cc(C(=O)NCc2ccc(C(F)(F)F)cc2)[nH]n1. The van der Waals surface area contributed by atoms with Gasteiger partial charge in [-0.2, -0.15) is 18.3 Å². The van der Waals surface area contributed by atoms with Crippen molar-refractivity contribution in [2.75, 3.05) is 6.61 Å². The summed E-state index contributed by atoms with van der Waals surface area (Å²) in [6.45, 7) is 2.78. The number of carbonyl (C=O) groups excluding carboxylic acids is 1. The van der Waals surface area contributed by atoms with Crippen molar-refractivity contribution in [3.63, 3.8) is 0 Å². The minimum Gasteiger partial charge on any atom is -0.493 e. The van der Waals surface area contributed by atoms with E-state index >= 15 is 0 Å². The number of aromatic amines is 1. The topological polar surface area (TPSA) is 67.0 Å². The lowest BCUT2D eigenvalue weighted by Gasteiger charge is -2.09. The van der Waals surface area contributed by atoms with Crippen LogP contribution in [0.25, 0.3) is 11.3 Å². The fraction of sp³-hybridized carbons (Fsp3) is 0.273. The van der Waals surface area contributed by atoms with Crippen LogP contribution in [-0.4, -0.2) is 22.7 Å². The largest absolute Gasteiger partial charge is 0.493 e. The van der Waals surface area contributed by atoms with Gasteiger partial charge in [0.15, 0.2) is 0 Å². The highest BCUT2D eigenvalue weighted by Gasteiger charge is 2.29. The lowest BCUT2D eigenvalue weighted by atomic mass is 10.1. The highest BCUT2D eigenvalue weighted by molar-refractivity contribution is 5.93. The Bertz CT molecular complexity index is 982. The van der Waals surface area contributed by atoms with Gasteiger partial charge in [-0.25, -0.2) is 0 Å². The number of nitrogens with zero attached hydrogens (tertiary/aromatic N) is 1. The molecule has 1 heterocycles. The molecule has 158 valence electrons. The Morgan fingerprint density at radius 2 is 1.87 bits per heavy atom. The van der Waals surface area contributed by atoms with Crippen LogP contribution < -0.4 is 10.1 Å². The van der Waals surface area contributed by atoms with Gasteiger partial charge in [0.05, 0.1) is 17.9 Å². The Morgan fingerprint density at radius 1 is 1.13 bits per heavy atom. The van der Waals surface area contributed by atoms with Gasteiger partial charge in [0.2, 0.25) is 0 Å². The smallest absolute Gasteiger partial charge is 0.416 e. The average Bonchev–Trinajstić information content (AvgIpc) is 3.22. The summed E-state index contributed by atoms with van der Waals surface area (Å²) in [5.41, 5.74) is 1.43. The first-order valence-electron chi connectivity index (χ1n) is 9.60. The number of halogens is 3. The highest BCUT2D eigenvalue weighted by atomic mass is 19.4. The third-order valence-electron chi connectivity index (χ3n) is 4.48. The van der Waals surface area contributed by atoms with Crippen molar-refractivity contribution in [1.29, 1.82) is 0 Å². The van der Waals surface area contributed by atoms with E-state index in [1.165, 1.54) is 12.1 Å². The predicted molar refractivity (Wildman–Crippen MR) is 107 cm³/mol. The molecule has 2 aromatic carbocycles. The molecule has 8 heteroatoms. The van der Waals surface area contributed by atoms with Crippen LogP contribution in [0.1, 0.15) is 41.4 Å². The summed E-state index contributed by atoms with van der Waals surface area (Å²) < 4.78 is 43.7. The molecule has 0 unspecified atom stereocenters. The van der Waals surface area contributed by atoms with E-state index in [1.807, 2.05) is 24.3 Å². The molecule has 0 saturated heterocycles. The van der Waals surface area contributed by atoms with Crippen LogP contribution in [-0.2, 0) is 12.7 Å². The molecular weight excluding hydrogens is 395 g/mol. The summed E-state index contributed by atoms with van der Waals surface area (Å²) >= 11 is 0. The van der Waals surface area contributed by atoms with Crippen LogP contribution in [0.5, 0.6) is 5.75 Å². The van der Waals surface area contributed by atoms with E-state index in [0.717, 1.165) is 30.5 Å². The minimum absolute atomic E-state index is 0.0992. The van der Waals surface area contributed by atoms with Crippen LogP contribution in [0.15, 0.2) is 54.6 Å². The summed E-state index contributed by atoms with van der Waals surface area (Å²) in [6.07, 6.45) is -2.43. The lowest BCUT2D eigenvalue weighted by Crippen LogP contribution is -2.23. The maximum atomic E-state index is 12.6. The van der Waals surface area contributed by atoms with Crippen molar-refractivity contribution in [2.45, 2.75) is 32.5 Å². The molecule has 3 rings (SSSR count). The fourth-order valence-corrected chi connectivity index (χ4v) is 2.80. The predicted octanol–water partition coefficient (Wildman–Crippen LogP) is 5.20. The number of H-pyrrole nitrogens is 1. The molecule has 0 aliphatic heterocycles. The average molecular weight is 417 g/mol. The maximum Gasteiger partial charge on any atom is 0.416 e. The van der Waals surface area contributed by atoms with E-state index in [0.29, 0.717) is 23.6 Å². The van der Waals surface area contributed by atoms with Crippen molar-refractivity contribution in [2.24, 2.45) is 0 Å². The van der Waals surface area contributed by atoms with Crippen molar-refractivity contribution in [1.82, 2.24) is 15.5 Å². The maximum absolute atomic E-state index is 12.6. The van der Waals surface area contributed by atoms with Crippen molar-refractivity contribution >= 4 is 5.91 Å². The summed E-state index contributed by atoms with van der Waals surface area (Å²) in [5, 5.41) is 9.57. The van der Waals surface area contributed by atoms with Gasteiger partial charge in [-0.15, -0.1) is 0 Å². The number of para-hydroxylation sites is 1. The van der Waals surface area contributed by atoms with Gasteiger partial charge in [-0.1, -0.05) is 37.6 Å². The van der Waals surface area contributed by atoms with E-state index in [4.69, 9.17) is 4.74 Å². The summed E-state index contributed by atoms with van der Waals surface area (Å²) in [5.74, 6) is 0.284. The Hall–Kier alpha value is -3.29. The third-order valence-corrected chi connectivity index (χ3v) is 4.48. The second kappa shape index (κ2) is 9.47. The number of unbranched alkanes of at least 4 members (excludes halogenated alkanes) is 1. The normalized spacial score (nSPS) is 11.3. The van der Waals surface area contributed by atoms with Crippen LogP contribution in [0.2, 0.25) is 0 Å². The number of hydrogen-bond donors (Lipinski definition) is 2. The van der Waals surface area contributed by atoms with Gasteiger partial charge < -0.3 is 10.1 Å². The molecule has 0 bridgehead atoms. The summed E-state index contributed by atoms with van der Waals surface area (Å²) in [4.78, 5) is 12.4. The molecule has 3 aromatic rings. The number of amides is 1. The molecule has 1 aromatic heterocycles. The number of alkyl halides is 3. The van der Waals surface area contributed by atoms with Gasteiger partial charge in [-0.05, 0) is 42.3 Å². The molecular formula is C22H22F3N3O2. The quantitative estimate of drug-likeness (QED) is 0.495. The van der Waals surface area contributed by atoms with Crippen LogP contribution >= 0.6 is 0 Å². The zero-order valence-electron chi connectivity index (χ0n) is 16.4. The molecule has 2 N–H and O–H groups in total. The number of ether oxygens (including phenoxy) is 1. The monoisotopic (exact) mass is 417 g/mol. The van der Waals surface area contributed by atoms with Gasteiger partial charge in [0, 0.05) is 12.1 Å². The van der Waals surface area contributed by atoms with Crippen molar-refractivity contribution in [3.8, 4) is 17.0 Å². The third kappa shape index (κ3) is 5.40. The molecule has 5 nitrogen and oxygen atoms in total. The molecule has 0 aliphatic rings. The zero-order valence-corrected chi connectivity index (χ0v) is 16.4.